The maximum atomic E-state index is 5.57. The summed E-state index contributed by atoms with van der Waals surface area (Å²) in [7, 11) is 2.13. The zero-order valence-electron chi connectivity index (χ0n) is 8.35. The van der Waals surface area contributed by atoms with E-state index in [0.717, 1.165) is 31.8 Å². The average molecular weight is 193 g/mol. The van der Waals surface area contributed by atoms with Crippen LogP contribution in [0.5, 0.6) is 0 Å². The highest BCUT2D eigenvalue weighted by Gasteiger charge is 2.20. The highest BCUT2D eigenvalue weighted by atomic mass is 15.2. The summed E-state index contributed by atoms with van der Waals surface area (Å²) in [4.78, 5) is 6.52. The summed E-state index contributed by atoms with van der Waals surface area (Å²) in [6.45, 7) is 2.20. The Morgan fingerprint density at radius 2 is 2.14 bits per heavy atom. The fourth-order valence-electron chi connectivity index (χ4n) is 1.77. The van der Waals surface area contributed by atoms with Crippen LogP contribution < -0.4 is 5.73 Å². The van der Waals surface area contributed by atoms with Gasteiger partial charge in [-0.3, -0.25) is 0 Å². The number of nitrogens with two attached hydrogens (primary N) is 1. The molecule has 76 valence electrons. The predicted octanol–water partition coefficient (Wildman–Crippen LogP) is 0.263. The second kappa shape index (κ2) is 3.88. The molecule has 1 aromatic rings. The van der Waals surface area contributed by atoms with Crippen LogP contribution in [0.4, 0.5) is 5.82 Å². The number of hydrogen-bond acceptors (Lipinski definition) is 5. The summed E-state index contributed by atoms with van der Waals surface area (Å²) < 4.78 is 0. The molecule has 2 N–H and O–H groups in total. The molecule has 5 nitrogen and oxygen atoms in total. The summed E-state index contributed by atoms with van der Waals surface area (Å²) >= 11 is 0. The van der Waals surface area contributed by atoms with Crippen molar-refractivity contribution < 1.29 is 0 Å². The number of rotatable bonds is 1. The Labute approximate surface area is 83.3 Å². The van der Waals surface area contributed by atoms with Crippen molar-refractivity contribution in [1.29, 1.82) is 0 Å². The summed E-state index contributed by atoms with van der Waals surface area (Å²) in [5, 5.41) is 7.86. The van der Waals surface area contributed by atoms with Crippen LogP contribution >= 0.6 is 0 Å². The number of likely N-dealkylation sites (tertiary alicyclic amines) is 1. The zero-order chi connectivity index (χ0) is 9.97. The van der Waals surface area contributed by atoms with Crippen molar-refractivity contribution in [3.8, 4) is 0 Å². The molecule has 1 aromatic heterocycles. The van der Waals surface area contributed by atoms with Crippen LogP contribution in [0, 0.1) is 0 Å². The summed E-state index contributed by atoms with van der Waals surface area (Å²) in [6.07, 6.45) is 3.68. The van der Waals surface area contributed by atoms with Gasteiger partial charge in [-0.05, 0) is 33.0 Å². The highest BCUT2D eigenvalue weighted by Crippen LogP contribution is 2.24. The van der Waals surface area contributed by atoms with E-state index in [0.29, 0.717) is 11.7 Å². The van der Waals surface area contributed by atoms with Crippen molar-refractivity contribution in [2.45, 2.75) is 18.8 Å². The van der Waals surface area contributed by atoms with Crippen molar-refractivity contribution in [2.24, 2.45) is 0 Å². The smallest absolute Gasteiger partial charge is 0.156 e. The van der Waals surface area contributed by atoms with Crippen LogP contribution in [0.2, 0.25) is 0 Å². The predicted molar refractivity (Wildman–Crippen MR) is 53.7 cm³/mol. The Morgan fingerprint density at radius 3 is 2.79 bits per heavy atom. The normalized spacial score (nSPS) is 19.8. The van der Waals surface area contributed by atoms with Crippen molar-refractivity contribution in [2.75, 3.05) is 25.9 Å². The summed E-state index contributed by atoms with van der Waals surface area (Å²) in [5.41, 5.74) is 5.57. The third-order valence-electron chi connectivity index (χ3n) is 2.68. The van der Waals surface area contributed by atoms with Crippen molar-refractivity contribution in [3.05, 3.63) is 12.0 Å². The van der Waals surface area contributed by atoms with Crippen molar-refractivity contribution in [1.82, 2.24) is 20.1 Å². The van der Waals surface area contributed by atoms with Crippen molar-refractivity contribution >= 4 is 5.82 Å². The molecular formula is C9H15N5. The van der Waals surface area contributed by atoms with Gasteiger partial charge in [0.05, 0.1) is 6.20 Å². The maximum absolute atomic E-state index is 5.57. The molecular weight excluding hydrogens is 178 g/mol. The molecule has 0 saturated carbocycles. The van der Waals surface area contributed by atoms with Crippen LogP contribution in [-0.2, 0) is 0 Å². The second-order valence-electron chi connectivity index (χ2n) is 3.82. The molecule has 14 heavy (non-hydrogen) atoms. The number of nitrogen functional groups attached to an aromatic ring is 1. The Bertz CT molecular complexity index is 306. The van der Waals surface area contributed by atoms with Crippen LogP contribution in [-0.4, -0.2) is 40.2 Å². The van der Waals surface area contributed by atoms with E-state index in [4.69, 9.17) is 5.73 Å². The first-order valence-electron chi connectivity index (χ1n) is 4.89. The molecule has 0 aromatic carbocycles. The molecule has 0 atom stereocenters. The molecule has 0 radical (unpaired) electrons. The van der Waals surface area contributed by atoms with Crippen molar-refractivity contribution in [3.63, 3.8) is 0 Å². The molecule has 0 bridgehead atoms. The van der Waals surface area contributed by atoms with E-state index in [9.17, 15) is 0 Å². The molecule has 1 aliphatic heterocycles. The monoisotopic (exact) mass is 193 g/mol. The van der Waals surface area contributed by atoms with E-state index in [-0.39, 0.29) is 0 Å². The van der Waals surface area contributed by atoms with Crippen LogP contribution in [0.1, 0.15) is 24.6 Å². The standard InChI is InChI=1S/C9H15N5/c1-14-4-2-7(3-5-14)9-12-8(10)6-11-13-9/h6-7H,2-5H2,1H3,(H2,10,12,13). The van der Waals surface area contributed by atoms with E-state index >= 15 is 0 Å². The molecule has 0 amide bonds. The van der Waals surface area contributed by atoms with E-state index in [1.165, 1.54) is 6.20 Å². The highest BCUT2D eigenvalue weighted by molar-refractivity contribution is 5.22. The van der Waals surface area contributed by atoms with Gasteiger partial charge in [0.1, 0.15) is 5.82 Å². The Balaban J connectivity index is 2.08. The van der Waals surface area contributed by atoms with Gasteiger partial charge >= 0.3 is 0 Å². The average Bonchev–Trinajstić information content (AvgIpc) is 2.19. The molecule has 1 aliphatic rings. The van der Waals surface area contributed by atoms with Crippen LogP contribution in [0.25, 0.3) is 0 Å². The minimum absolute atomic E-state index is 0.433. The number of piperidine rings is 1. The first-order chi connectivity index (χ1) is 6.75. The van der Waals surface area contributed by atoms with Gasteiger partial charge in [-0.25, -0.2) is 4.98 Å². The second-order valence-corrected chi connectivity index (χ2v) is 3.82. The van der Waals surface area contributed by atoms with Crippen LogP contribution in [0.15, 0.2) is 6.20 Å². The molecule has 1 saturated heterocycles. The minimum Gasteiger partial charge on any atom is -0.382 e. The van der Waals surface area contributed by atoms with E-state index in [1.54, 1.807) is 0 Å². The van der Waals surface area contributed by atoms with Gasteiger partial charge in [0.25, 0.3) is 0 Å². The summed E-state index contributed by atoms with van der Waals surface area (Å²) in [6, 6.07) is 0. The van der Waals surface area contributed by atoms with Crippen LogP contribution in [0.3, 0.4) is 0 Å². The number of nitrogens with zero attached hydrogens (tertiary/aromatic N) is 4. The largest absolute Gasteiger partial charge is 0.382 e. The molecule has 2 heterocycles. The fourth-order valence-corrected chi connectivity index (χ4v) is 1.77. The first kappa shape index (κ1) is 9.33. The molecule has 2 rings (SSSR count). The molecule has 5 heteroatoms. The number of aromatic nitrogens is 3. The van der Waals surface area contributed by atoms with Gasteiger partial charge in [-0.15, -0.1) is 5.10 Å². The lowest BCUT2D eigenvalue weighted by atomic mass is 9.96. The maximum Gasteiger partial charge on any atom is 0.156 e. The lowest BCUT2D eigenvalue weighted by molar-refractivity contribution is 0.250. The quantitative estimate of drug-likeness (QED) is 0.693. The Kier molecular flexibility index (Phi) is 2.58. The van der Waals surface area contributed by atoms with E-state index in [2.05, 4.69) is 27.1 Å². The number of anilines is 1. The lowest BCUT2D eigenvalue weighted by Crippen LogP contribution is -2.30. The first-order valence-corrected chi connectivity index (χ1v) is 4.89. The Hall–Kier alpha value is -1.23. The molecule has 0 aliphatic carbocycles. The fraction of sp³-hybridized carbons (Fsp3) is 0.667. The summed E-state index contributed by atoms with van der Waals surface area (Å²) in [5.74, 6) is 1.70. The van der Waals surface area contributed by atoms with Gasteiger partial charge in [-0.2, -0.15) is 5.10 Å². The third kappa shape index (κ3) is 1.98. The number of hydrogen-bond donors (Lipinski definition) is 1. The third-order valence-corrected chi connectivity index (χ3v) is 2.68. The van der Waals surface area contributed by atoms with Gasteiger partial charge in [0, 0.05) is 5.92 Å². The molecule has 0 unspecified atom stereocenters. The van der Waals surface area contributed by atoms with E-state index < -0.39 is 0 Å². The van der Waals surface area contributed by atoms with Gasteiger partial charge < -0.3 is 10.6 Å². The Morgan fingerprint density at radius 1 is 1.43 bits per heavy atom. The zero-order valence-corrected chi connectivity index (χ0v) is 8.35. The SMILES string of the molecule is CN1CCC(c2nncc(N)n2)CC1. The van der Waals surface area contributed by atoms with E-state index in [1.807, 2.05) is 0 Å². The lowest BCUT2D eigenvalue weighted by Gasteiger charge is -2.27. The topological polar surface area (TPSA) is 67.9 Å². The molecule has 0 spiro atoms. The molecule has 1 fully saturated rings. The van der Waals surface area contributed by atoms with Gasteiger partial charge in [-0.1, -0.05) is 0 Å². The van der Waals surface area contributed by atoms with Gasteiger partial charge in [0.2, 0.25) is 0 Å². The minimum atomic E-state index is 0.433. The van der Waals surface area contributed by atoms with Gasteiger partial charge in [0.15, 0.2) is 5.82 Å².